The third kappa shape index (κ3) is 3.45. The van der Waals surface area contributed by atoms with Crippen molar-refractivity contribution in [2.45, 2.75) is 65.0 Å². The second kappa shape index (κ2) is 5.27. The molecule has 2 heteroatoms. The summed E-state index contributed by atoms with van der Waals surface area (Å²) in [6.07, 6.45) is 5.58. The Morgan fingerprint density at radius 2 is 1.94 bits per heavy atom. The van der Waals surface area contributed by atoms with Crippen molar-refractivity contribution in [3.05, 3.63) is 0 Å². The molecule has 1 aliphatic heterocycles. The second-order valence-corrected chi connectivity index (χ2v) is 7.10. The molecule has 0 bridgehead atoms. The fourth-order valence-electron chi connectivity index (χ4n) is 3.83. The van der Waals surface area contributed by atoms with Crippen LogP contribution in [-0.4, -0.2) is 36.1 Å². The van der Waals surface area contributed by atoms with Crippen LogP contribution in [-0.2, 0) is 0 Å². The van der Waals surface area contributed by atoms with Crippen molar-refractivity contribution >= 4 is 0 Å². The summed E-state index contributed by atoms with van der Waals surface area (Å²) < 4.78 is 0. The molecule has 2 nitrogen and oxygen atoms in total. The number of nitrogens with zero attached hydrogens (tertiary/aromatic N) is 1. The van der Waals surface area contributed by atoms with E-state index in [-0.39, 0.29) is 0 Å². The maximum Gasteiger partial charge on any atom is 0.0252 e. The van der Waals surface area contributed by atoms with Crippen molar-refractivity contribution in [2.75, 3.05) is 19.6 Å². The van der Waals surface area contributed by atoms with Crippen LogP contribution in [0, 0.1) is 11.8 Å². The van der Waals surface area contributed by atoms with Gasteiger partial charge in [0.05, 0.1) is 0 Å². The van der Waals surface area contributed by atoms with Gasteiger partial charge in [0, 0.05) is 18.1 Å². The molecule has 0 aromatic heterocycles. The largest absolute Gasteiger partial charge is 0.310 e. The quantitative estimate of drug-likeness (QED) is 0.755. The average molecular weight is 238 g/mol. The molecule has 0 radical (unpaired) electrons. The van der Waals surface area contributed by atoms with Crippen molar-refractivity contribution in [2.24, 2.45) is 11.8 Å². The average Bonchev–Trinajstić information content (AvgIpc) is 2.39. The van der Waals surface area contributed by atoms with Crippen molar-refractivity contribution in [1.82, 2.24) is 10.2 Å². The Morgan fingerprint density at radius 1 is 1.18 bits per heavy atom. The van der Waals surface area contributed by atoms with Gasteiger partial charge >= 0.3 is 0 Å². The van der Waals surface area contributed by atoms with Crippen LogP contribution in [0.15, 0.2) is 0 Å². The third-order valence-electron chi connectivity index (χ3n) is 4.68. The first-order valence-electron chi connectivity index (χ1n) is 7.47. The highest BCUT2D eigenvalue weighted by Crippen LogP contribution is 2.33. The number of nitrogens with one attached hydrogen (secondary N) is 1. The van der Waals surface area contributed by atoms with Gasteiger partial charge in [0.2, 0.25) is 0 Å². The molecule has 2 fully saturated rings. The Hall–Kier alpha value is -0.0800. The van der Waals surface area contributed by atoms with Crippen LogP contribution in [0.4, 0.5) is 0 Å². The minimum atomic E-state index is 0.291. The van der Waals surface area contributed by atoms with Gasteiger partial charge in [-0.05, 0) is 64.5 Å². The molecule has 1 saturated carbocycles. The van der Waals surface area contributed by atoms with E-state index in [1.54, 1.807) is 0 Å². The van der Waals surface area contributed by atoms with Crippen LogP contribution in [0.1, 0.15) is 53.4 Å². The van der Waals surface area contributed by atoms with Gasteiger partial charge in [-0.15, -0.1) is 0 Å². The van der Waals surface area contributed by atoms with Gasteiger partial charge in [0.15, 0.2) is 0 Å². The van der Waals surface area contributed by atoms with Gasteiger partial charge in [0.25, 0.3) is 0 Å². The molecule has 0 aromatic carbocycles. The summed E-state index contributed by atoms with van der Waals surface area (Å²) in [6.45, 7) is 13.3. The van der Waals surface area contributed by atoms with Gasteiger partial charge in [0.1, 0.15) is 0 Å². The van der Waals surface area contributed by atoms with Crippen molar-refractivity contribution in [1.29, 1.82) is 0 Å². The molecule has 1 aliphatic carbocycles. The van der Waals surface area contributed by atoms with Gasteiger partial charge in [-0.1, -0.05) is 13.8 Å². The van der Waals surface area contributed by atoms with Crippen LogP contribution >= 0.6 is 0 Å². The first-order chi connectivity index (χ1) is 7.98. The predicted molar refractivity (Wildman–Crippen MR) is 74.2 cm³/mol. The van der Waals surface area contributed by atoms with Crippen LogP contribution in [0.3, 0.4) is 0 Å². The first kappa shape index (κ1) is 13.4. The molecule has 17 heavy (non-hydrogen) atoms. The molecule has 100 valence electrons. The Bertz CT molecular complexity index is 249. The van der Waals surface area contributed by atoms with E-state index in [9.17, 15) is 0 Å². The topological polar surface area (TPSA) is 15.3 Å². The minimum absolute atomic E-state index is 0.291. The molecular weight excluding hydrogens is 208 g/mol. The Morgan fingerprint density at radius 3 is 2.65 bits per heavy atom. The van der Waals surface area contributed by atoms with E-state index < -0.39 is 0 Å². The molecule has 1 N–H and O–H groups in total. The van der Waals surface area contributed by atoms with E-state index in [0.717, 1.165) is 17.9 Å². The fraction of sp³-hybridized carbons (Fsp3) is 1.00. The summed E-state index contributed by atoms with van der Waals surface area (Å²) in [5.74, 6) is 1.83. The number of hydrogen-bond acceptors (Lipinski definition) is 2. The summed E-state index contributed by atoms with van der Waals surface area (Å²) in [4.78, 5) is 2.77. The monoisotopic (exact) mass is 238 g/mol. The van der Waals surface area contributed by atoms with Crippen molar-refractivity contribution in [3.8, 4) is 0 Å². The van der Waals surface area contributed by atoms with Gasteiger partial charge in [-0.25, -0.2) is 0 Å². The second-order valence-electron chi connectivity index (χ2n) is 7.10. The molecule has 0 spiro atoms. The van der Waals surface area contributed by atoms with E-state index in [4.69, 9.17) is 0 Å². The molecule has 1 heterocycles. The summed E-state index contributed by atoms with van der Waals surface area (Å²) in [5, 5.41) is 3.67. The predicted octanol–water partition coefficient (Wildman–Crippen LogP) is 2.89. The summed E-state index contributed by atoms with van der Waals surface area (Å²) in [5.41, 5.74) is 0.291. The SMILES string of the molecule is CC1CCC(N2CCCNC(C)(C)C2)C(C)C1. The lowest BCUT2D eigenvalue weighted by Crippen LogP contribution is -2.51. The van der Waals surface area contributed by atoms with E-state index >= 15 is 0 Å². The minimum Gasteiger partial charge on any atom is -0.310 e. The lowest BCUT2D eigenvalue weighted by Gasteiger charge is -2.42. The smallest absolute Gasteiger partial charge is 0.0252 e. The van der Waals surface area contributed by atoms with Crippen LogP contribution in [0.5, 0.6) is 0 Å². The molecule has 0 aromatic rings. The zero-order chi connectivity index (χ0) is 12.5. The number of rotatable bonds is 1. The standard InChI is InChI=1S/C15H30N2/c1-12-6-7-14(13(2)10-12)17-9-5-8-16-15(3,4)11-17/h12-14,16H,5-11H2,1-4H3. The van der Waals surface area contributed by atoms with E-state index in [0.29, 0.717) is 5.54 Å². The van der Waals surface area contributed by atoms with Gasteiger partial charge in [-0.3, -0.25) is 4.90 Å². The summed E-state index contributed by atoms with van der Waals surface area (Å²) in [7, 11) is 0. The molecule has 3 unspecified atom stereocenters. The highest BCUT2D eigenvalue weighted by atomic mass is 15.2. The van der Waals surface area contributed by atoms with Crippen LogP contribution in [0.2, 0.25) is 0 Å². The van der Waals surface area contributed by atoms with Gasteiger partial charge < -0.3 is 5.32 Å². The van der Waals surface area contributed by atoms with Crippen molar-refractivity contribution in [3.63, 3.8) is 0 Å². The zero-order valence-electron chi connectivity index (χ0n) is 12.1. The van der Waals surface area contributed by atoms with Crippen LogP contribution in [0.25, 0.3) is 0 Å². The zero-order valence-corrected chi connectivity index (χ0v) is 12.1. The third-order valence-corrected chi connectivity index (χ3v) is 4.68. The highest BCUT2D eigenvalue weighted by Gasteiger charge is 2.33. The molecule has 0 amide bonds. The van der Waals surface area contributed by atoms with Crippen LogP contribution < -0.4 is 5.32 Å². The van der Waals surface area contributed by atoms with E-state index in [1.807, 2.05) is 0 Å². The highest BCUT2D eigenvalue weighted by molar-refractivity contribution is 4.91. The van der Waals surface area contributed by atoms with Gasteiger partial charge in [-0.2, -0.15) is 0 Å². The normalized spacial score (nSPS) is 39.9. The molecule has 1 saturated heterocycles. The molecule has 2 rings (SSSR count). The molecule has 2 aliphatic rings. The Balaban J connectivity index is 2.00. The molecule has 3 atom stereocenters. The molecular formula is C15H30N2. The Kier molecular flexibility index (Phi) is 4.14. The fourth-order valence-corrected chi connectivity index (χ4v) is 3.83. The lowest BCUT2D eigenvalue weighted by atomic mass is 9.79. The number of hydrogen-bond donors (Lipinski definition) is 1. The Labute approximate surface area is 107 Å². The maximum atomic E-state index is 3.67. The summed E-state index contributed by atoms with van der Waals surface area (Å²) in [6, 6.07) is 0.838. The summed E-state index contributed by atoms with van der Waals surface area (Å²) >= 11 is 0. The van der Waals surface area contributed by atoms with E-state index in [2.05, 4.69) is 37.9 Å². The van der Waals surface area contributed by atoms with Crippen molar-refractivity contribution < 1.29 is 0 Å². The maximum absolute atomic E-state index is 3.67. The first-order valence-corrected chi connectivity index (χ1v) is 7.47. The lowest BCUT2D eigenvalue weighted by molar-refractivity contribution is 0.0815. The van der Waals surface area contributed by atoms with E-state index in [1.165, 1.54) is 45.3 Å².